The van der Waals surface area contributed by atoms with Crippen LogP contribution < -0.4 is 0 Å². The van der Waals surface area contributed by atoms with Crippen molar-refractivity contribution in [2.75, 3.05) is 13.1 Å². The van der Waals surface area contributed by atoms with Gasteiger partial charge in [-0.3, -0.25) is 9.59 Å². The number of nitrogens with zero attached hydrogens (tertiary/aromatic N) is 2. The molecule has 1 N–H and O–H groups in total. The molecule has 1 atom stereocenters. The number of benzene rings is 1. The highest BCUT2D eigenvalue weighted by molar-refractivity contribution is 6.30. The average molecular weight is 335 g/mol. The lowest BCUT2D eigenvalue weighted by Gasteiger charge is -2.19. The van der Waals surface area contributed by atoms with Gasteiger partial charge in [0.2, 0.25) is 0 Å². The van der Waals surface area contributed by atoms with Gasteiger partial charge >= 0.3 is 5.97 Å². The number of carbonyl (C=O) groups excluding carboxylic acids is 1. The summed E-state index contributed by atoms with van der Waals surface area (Å²) < 4.78 is 4.96. The maximum absolute atomic E-state index is 12.7. The van der Waals surface area contributed by atoms with E-state index in [2.05, 4.69) is 5.16 Å². The first-order valence-corrected chi connectivity index (χ1v) is 7.51. The summed E-state index contributed by atoms with van der Waals surface area (Å²) in [5.41, 5.74) is 0.553. The number of likely N-dealkylation sites (tertiary alicyclic amines) is 1. The minimum atomic E-state index is -0.909. The SMILES string of the molecule is C[C@@]1(C(=O)O)CCN(C(=O)c2conc2-c2ccc(Cl)cc2)C1. The van der Waals surface area contributed by atoms with Crippen molar-refractivity contribution in [3.05, 3.63) is 41.1 Å². The smallest absolute Gasteiger partial charge is 0.311 e. The van der Waals surface area contributed by atoms with E-state index in [1.807, 2.05) is 0 Å². The van der Waals surface area contributed by atoms with Crippen molar-refractivity contribution in [2.24, 2.45) is 5.41 Å². The molecule has 2 heterocycles. The molecule has 0 spiro atoms. The lowest BCUT2D eigenvalue weighted by atomic mass is 9.90. The van der Waals surface area contributed by atoms with Crippen LogP contribution in [-0.4, -0.2) is 40.1 Å². The summed E-state index contributed by atoms with van der Waals surface area (Å²) in [5.74, 6) is -1.17. The number of aromatic nitrogens is 1. The van der Waals surface area contributed by atoms with Gasteiger partial charge in [-0.05, 0) is 25.5 Å². The predicted molar refractivity (Wildman–Crippen MR) is 83.2 cm³/mol. The quantitative estimate of drug-likeness (QED) is 0.933. The highest BCUT2D eigenvalue weighted by atomic mass is 35.5. The van der Waals surface area contributed by atoms with Crippen molar-refractivity contribution in [3.63, 3.8) is 0 Å². The van der Waals surface area contributed by atoms with Crippen LogP contribution in [0.5, 0.6) is 0 Å². The van der Waals surface area contributed by atoms with Gasteiger partial charge in [0, 0.05) is 23.7 Å². The molecule has 1 amide bonds. The minimum absolute atomic E-state index is 0.173. The number of hydrogen-bond donors (Lipinski definition) is 1. The van der Waals surface area contributed by atoms with Crippen molar-refractivity contribution in [3.8, 4) is 11.3 Å². The van der Waals surface area contributed by atoms with Crippen LogP contribution in [0.15, 0.2) is 35.1 Å². The fraction of sp³-hybridized carbons (Fsp3) is 0.312. The minimum Gasteiger partial charge on any atom is -0.481 e. The Balaban J connectivity index is 1.86. The molecule has 0 aliphatic carbocycles. The maximum atomic E-state index is 12.7. The van der Waals surface area contributed by atoms with E-state index in [0.717, 1.165) is 0 Å². The molecular weight excluding hydrogens is 320 g/mol. The molecule has 1 aromatic heterocycles. The predicted octanol–water partition coefficient (Wildman–Crippen LogP) is 2.93. The number of aliphatic carboxylic acids is 1. The Morgan fingerprint density at radius 3 is 2.65 bits per heavy atom. The highest BCUT2D eigenvalue weighted by Gasteiger charge is 2.42. The second-order valence-electron chi connectivity index (χ2n) is 5.93. The van der Waals surface area contributed by atoms with Gasteiger partial charge in [0.15, 0.2) is 0 Å². The molecule has 2 aromatic rings. The third kappa shape index (κ3) is 2.82. The summed E-state index contributed by atoms with van der Waals surface area (Å²) in [6.07, 6.45) is 1.72. The first-order valence-electron chi connectivity index (χ1n) is 7.14. The number of halogens is 1. The largest absolute Gasteiger partial charge is 0.481 e. The van der Waals surface area contributed by atoms with Crippen molar-refractivity contribution < 1.29 is 19.2 Å². The Labute approximate surface area is 137 Å². The van der Waals surface area contributed by atoms with Crippen LogP contribution in [0, 0.1) is 5.41 Å². The first kappa shape index (κ1) is 15.6. The van der Waals surface area contributed by atoms with Gasteiger partial charge < -0.3 is 14.5 Å². The molecule has 3 rings (SSSR count). The van der Waals surface area contributed by atoms with E-state index in [-0.39, 0.29) is 12.5 Å². The first-order chi connectivity index (χ1) is 10.9. The number of hydrogen-bond acceptors (Lipinski definition) is 4. The average Bonchev–Trinajstić information content (AvgIpc) is 3.15. The second-order valence-corrected chi connectivity index (χ2v) is 6.36. The second kappa shape index (κ2) is 5.70. The molecule has 6 nitrogen and oxygen atoms in total. The summed E-state index contributed by atoms with van der Waals surface area (Å²) >= 11 is 5.87. The fourth-order valence-electron chi connectivity index (χ4n) is 2.68. The van der Waals surface area contributed by atoms with Gasteiger partial charge in [-0.25, -0.2) is 0 Å². The van der Waals surface area contributed by atoms with Crippen LogP contribution in [0.2, 0.25) is 5.02 Å². The van der Waals surface area contributed by atoms with Crippen LogP contribution in [-0.2, 0) is 4.79 Å². The molecule has 23 heavy (non-hydrogen) atoms. The van der Waals surface area contributed by atoms with Crippen molar-refractivity contribution >= 4 is 23.5 Å². The number of carboxylic acid groups (broad SMARTS) is 1. The zero-order valence-electron chi connectivity index (χ0n) is 12.5. The van der Waals surface area contributed by atoms with E-state index >= 15 is 0 Å². The number of carbonyl (C=O) groups is 2. The van der Waals surface area contributed by atoms with E-state index in [1.165, 1.54) is 11.2 Å². The standard InChI is InChI=1S/C16H15ClN2O4/c1-16(15(21)22)6-7-19(9-16)14(20)12-8-23-18-13(12)10-2-4-11(17)5-3-10/h2-5,8H,6-7,9H2,1H3,(H,21,22)/t16-/m1/s1. The Hall–Kier alpha value is -2.34. The summed E-state index contributed by atoms with van der Waals surface area (Å²) in [6.45, 7) is 2.22. The molecule has 0 saturated carbocycles. The monoisotopic (exact) mass is 334 g/mol. The molecule has 0 unspecified atom stereocenters. The van der Waals surface area contributed by atoms with Crippen LogP contribution in [0.25, 0.3) is 11.3 Å². The third-order valence-electron chi connectivity index (χ3n) is 4.19. The molecule has 7 heteroatoms. The number of rotatable bonds is 3. The topological polar surface area (TPSA) is 83.6 Å². The lowest BCUT2D eigenvalue weighted by molar-refractivity contribution is -0.147. The van der Waals surface area contributed by atoms with Crippen LogP contribution in [0.4, 0.5) is 0 Å². The molecule has 1 aliphatic rings. The molecule has 0 bridgehead atoms. The van der Waals surface area contributed by atoms with Gasteiger partial charge in [0.25, 0.3) is 5.91 Å². The Morgan fingerprint density at radius 1 is 1.35 bits per heavy atom. The summed E-state index contributed by atoms with van der Waals surface area (Å²) in [5, 5.41) is 13.8. The summed E-state index contributed by atoms with van der Waals surface area (Å²) in [6, 6.07) is 6.92. The zero-order chi connectivity index (χ0) is 16.6. The molecule has 0 radical (unpaired) electrons. The van der Waals surface area contributed by atoms with Gasteiger partial charge in [0.05, 0.1) is 5.41 Å². The third-order valence-corrected chi connectivity index (χ3v) is 4.45. The number of amides is 1. The van der Waals surface area contributed by atoms with E-state index in [0.29, 0.717) is 34.8 Å². The lowest BCUT2D eigenvalue weighted by Crippen LogP contribution is -2.34. The molecule has 1 fully saturated rings. The van der Waals surface area contributed by atoms with Crippen molar-refractivity contribution in [1.82, 2.24) is 10.1 Å². The molecule has 1 saturated heterocycles. The Morgan fingerprint density at radius 2 is 2.04 bits per heavy atom. The fourth-order valence-corrected chi connectivity index (χ4v) is 2.81. The van der Waals surface area contributed by atoms with Crippen LogP contribution >= 0.6 is 11.6 Å². The van der Waals surface area contributed by atoms with Gasteiger partial charge in [-0.15, -0.1) is 0 Å². The Bertz CT molecular complexity index is 756. The highest BCUT2D eigenvalue weighted by Crippen LogP contribution is 2.32. The van der Waals surface area contributed by atoms with E-state index in [9.17, 15) is 14.7 Å². The normalized spacial score (nSPS) is 20.7. The van der Waals surface area contributed by atoms with E-state index in [1.54, 1.807) is 31.2 Å². The van der Waals surface area contributed by atoms with Gasteiger partial charge in [0.1, 0.15) is 17.5 Å². The molecule has 1 aliphatic heterocycles. The Kier molecular flexibility index (Phi) is 3.85. The zero-order valence-corrected chi connectivity index (χ0v) is 13.2. The van der Waals surface area contributed by atoms with Crippen LogP contribution in [0.3, 0.4) is 0 Å². The maximum Gasteiger partial charge on any atom is 0.311 e. The molecule has 1 aromatic carbocycles. The molecular formula is C16H15ClN2O4. The van der Waals surface area contributed by atoms with Gasteiger partial charge in [-0.1, -0.05) is 28.9 Å². The molecule has 120 valence electrons. The van der Waals surface area contributed by atoms with Crippen LogP contribution in [0.1, 0.15) is 23.7 Å². The van der Waals surface area contributed by atoms with Gasteiger partial charge in [-0.2, -0.15) is 0 Å². The van der Waals surface area contributed by atoms with E-state index in [4.69, 9.17) is 16.1 Å². The summed E-state index contributed by atoms with van der Waals surface area (Å²) in [7, 11) is 0. The number of carboxylic acids is 1. The summed E-state index contributed by atoms with van der Waals surface area (Å²) in [4.78, 5) is 25.5. The van der Waals surface area contributed by atoms with E-state index < -0.39 is 11.4 Å². The van der Waals surface area contributed by atoms with Crippen molar-refractivity contribution in [2.45, 2.75) is 13.3 Å². The van der Waals surface area contributed by atoms with Crippen molar-refractivity contribution in [1.29, 1.82) is 0 Å².